The minimum Gasteiger partial charge on any atom is -0.488 e. The lowest BCUT2D eigenvalue weighted by molar-refractivity contribution is 0.210. The fraction of sp³-hybridized carbons (Fsp3) is 0.455. The van der Waals surface area contributed by atoms with Crippen LogP contribution in [0.25, 0.3) is 0 Å². The van der Waals surface area contributed by atoms with Crippen LogP contribution in [0.1, 0.15) is 26.7 Å². The van der Waals surface area contributed by atoms with Gasteiger partial charge in [0.1, 0.15) is 11.6 Å². The molecular formula is C11H16FNO. The Kier molecular flexibility index (Phi) is 3.74. The summed E-state index contributed by atoms with van der Waals surface area (Å²) in [7, 11) is 0. The van der Waals surface area contributed by atoms with Crippen LogP contribution in [-0.4, -0.2) is 6.10 Å². The zero-order valence-corrected chi connectivity index (χ0v) is 8.59. The summed E-state index contributed by atoms with van der Waals surface area (Å²) >= 11 is 0. The molecule has 14 heavy (non-hydrogen) atoms. The van der Waals surface area contributed by atoms with E-state index in [1.54, 1.807) is 0 Å². The number of nitrogen functional groups attached to an aromatic ring is 1. The Hall–Kier alpha value is -1.25. The van der Waals surface area contributed by atoms with Crippen molar-refractivity contribution in [3.63, 3.8) is 0 Å². The summed E-state index contributed by atoms with van der Waals surface area (Å²) in [6.45, 7) is 4.03. The van der Waals surface area contributed by atoms with Crippen LogP contribution in [0.4, 0.5) is 10.1 Å². The lowest BCUT2D eigenvalue weighted by atomic mass is 10.2. The van der Waals surface area contributed by atoms with Crippen LogP contribution in [0.15, 0.2) is 18.2 Å². The highest BCUT2D eigenvalue weighted by molar-refractivity contribution is 5.52. The number of ether oxygens (including phenoxy) is 1. The van der Waals surface area contributed by atoms with Gasteiger partial charge in [0, 0.05) is 6.07 Å². The molecule has 3 heteroatoms. The van der Waals surface area contributed by atoms with E-state index in [1.165, 1.54) is 18.2 Å². The van der Waals surface area contributed by atoms with Gasteiger partial charge in [0.25, 0.3) is 0 Å². The molecule has 0 aliphatic carbocycles. The first-order chi connectivity index (χ1) is 6.63. The van der Waals surface area contributed by atoms with Crippen molar-refractivity contribution in [3.05, 3.63) is 24.0 Å². The van der Waals surface area contributed by atoms with Crippen molar-refractivity contribution in [1.29, 1.82) is 0 Å². The maximum Gasteiger partial charge on any atom is 0.145 e. The van der Waals surface area contributed by atoms with E-state index in [0.717, 1.165) is 12.8 Å². The van der Waals surface area contributed by atoms with Crippen molar-refractivity contribution in [1.82, 2.24) is 0 Å². The lowest BCUT2D eigenvalue weighted by Gasteiger charge is -2.15. The molecule has 0 bridgehead atoms. The average molecular weight is 197 g/mol. The van der Waals surface area contributed by atoms with Gasteiger partial charge in [-0.15, -0.1) is 0 Å². The minimum absolute atomic E-state index is 0.0732. The Morgan fingerprint density at radius 1 is 1.50 bits per heavy atom. The molecule has 0 unspecified atom stereocenters. The molecule has 0 heterocycles. The van der Waals surface area contributed by atoms with Gasteiger partial charge in [0.15, 0.2) is 0 Å². The topological polar surface area (TPSA) is 35.2 Å². The molecule has 0 spiro atoms. The van der Waals surface area contributed by atoms with Gasteiger partial charge in [-0.1, -0.05) is 13.3 Å². The van der Waals surface area contributed by atoms with Crippen LogP contribution in [0.5, 0.6) is 5.75 Å². The third kappa shape index (κ3) is 2.91. The molecule has 0 aliphatic heterocycles. The zero-order chi connectivity index (χ0) is 10.6. The van der Waals surface area contributed by atoms with Crippen molar-refractivity contribution >= 4 is 5.69 Å². The SMILES string of the molecule is CCC[C@H](C)Oc1cc(F)ccc1N. The molecule has 0 fully saturated rings. The third-order valence-electron chi connectivity index (χ3n) is 2.00. The standard InChI is InChI=1S/C11H16FNO/c1-3-4-8(2)14-11-7-9(12)5-6-10(11)13/h5-8H,3-4,13H2,1-2H3/t8-/m0/s1. The highest BCUT2D eigenvalue weighted by Crippen LogP contribution is 2.23. The van der Waals surface area contributed by atoms with Gasteiger partial charge in [-0.25, -0.2) is 4.39 Å². The van der Waals surface area contributed by atoms with E-state index < -0.39 is 0 Å². The lowest BCUT2D eigenvalue weighted by Crippen LogP contribution is -2.12. The van der Waals surface area contributed by atoms with E-state index in [-0.39, 0.29) is 11.9 Å². The molecule has 1 aromatic carbocycles. The van der Waals surface area contributed by atoms with Crippen LogP contribution in [0.3, 0.4) is 0 Å². The number of halogens is 1. The van der Waals surface area contributed by atoms with Gasteiger partial charge in [-0.05, 0) is 25.5 Å². The van der Waals surface area contributed by atoms with Crippen molar-refractivity contribution in [3.8, 4) is 5.75 Å². The van der Waals surface area contributed by atoms with Gasteiger partial charge < -0.3 is 10.5 Å². The largest absolute Gasteiger partial charge is 0.488 e. The van der Waals surface area contributed by atoms with E-state index in [0.29, 0.717) is 11.4 Å². The predicted molar refractivity (Wildman–Crippen MR) is 55.8 cm³/mol. The Bertz CT molecular complexity index is 301. The normalized spacial score (nSPS) is 12.5. The van der Waals surface area contributed by atoms with E-state index >= 15 is 0 Å². The summed E-state index contributed by atoms with van der Waals surface area (Å²) in [5, 5.41) is 0. The number of nitrogens with two attached hydrogens (primary N) is 1. The van der Waals surface area contributed by atoms with E-state index in [4.69, 9.17) is 10.5 Å². The molecule has 0 saturated carbocycles. The van der Waals surface area contributed by atoms with Gasteiger partial charge in [0.05, 0.1) is 11.8 Å². The Labute approximate surface area is 83.9 Å². The molecule has 0 aliphatic rings. The summed E-state index contributed by atoms with van der Waals surface area (Å²) in [6.07, 6.45) is 2.05. The summed E-state index contributed by atoms with van der Waals surface area (Å²) in [5.41, 5.74) is 6.12. The molecule has 1 rings (SSSR count). The molecule has 2 nitrogen and oxygen atoms in total. The molecule has 1 aromatic rings. The first-order valence-corrected chi connectivity index (χ1v) is 4.85. The van der Waals surface area contributed by atoms with Crippen molar-refractivity contribution in [2.24, 2.45) is 0 Å². The fourth-order valence-electron chi connectivity index (χ4n) is 1.29. The van der Waals surface area contributed by atoms with Crippen molar-refractivity contribution < 1.29 is 9.13 Å². The highest BCUT2D eigenvalue weighted by Gasteiger charge is 2.06. The summed E-state index contributed by atoms with van der Waals surface area (Å²) in [5.74, 6) is 0.115. The quantitative estimate of drug-likeness (QED) is 0.753. The van der Waals surface area contributed by atoms with E-state index in [9.17, 15) is 4.39 Å². The molecule has 0 radical (unpaired) electrons. The smallest absolute Gasteiger partial charge is 0.145 e. The number of rotatable bonds is 4. The Morgan fingerprint density at radius 3 is 2.86 bits per heavy atom. The number of benzene rings is 1. The Balaban J connectivity index is 2.70. The number of hydrogen-bond donors (Lipinski definition) is 1. The summed E-state index contributed by atoms with van der Waals surface area (Å²) < 4.78 is 18.3. The molecule has 0 saturated heterocycles. The van der Waals surface area contributed by atoms with Crippen LogP contribution < -0.4 is 10.5 Å². The maximum absolute atomic E-state index is 12.8. The highest BCUT2D eigenvalue weighted by atomic mass is 19.1. The van der Waals surface area contributed by atoms with Crippen LogP contribution in [0, 0.1) is 5.82 Å². The van der Waals surface area contributed by atoms with Crippen LogP contribution in [-0.2, 0) is 0 Å². The van der Waals surface area contributed by atoms with Crippen molar-refractivity contribution in [2.45, 2.75) is 32.8 Å². The summed E-state index contributed by atoms with van der Waals surface area (Å²) in [6, 6.07) is 4.16. The third-order valence-corrected chi connectivity index (χ3v) is 2.00. The van der Waals surface area contributed by atoms with Gasteiger partial charge >= 0.3 is 0 Å². The Morgan fingerprint density at radius 2 is 2.21 bits per heavy atom. The second kappa shape index (κ2) is 4.84. The minimum atomic E-state index is -0.321. The molecule has 2 N–H and O–H groups in total. The average Bonchev–Trinajstić information content (AvgIpc) is 2.12. The summed E-state index contributed by atoms with van der Waals surface area (Å²) in [4.78, 5) is 0. The van der Waals surface area contributed by atoms with Crippen LogP contribution >= 0.6 is 0 Å². The first kappa shape index (κ1) is 10.8. The van der Waals surface area contributed by atoms with E-state index in [1.807, 2.05) is 6.92 Å². The molecule has 0 amide bonds. The fourth-order valence-corrected chi connectivity index (χ4v) is 1.29. The van der Waals surface area contributed by atoms with Gasteiger partial charge in [0.2, 0.25) is 0 Å². The van der Waals surface area contributed by atoms with E-state index in [2.05, 4.69) is 6.92 Å². The number of hydrogen-bond acceptors (Lipinski definition) is 2. The molecule has 0 aromatic heterocycles. The molecular weight excluding hydrogens is 181 g/mol. The molecule has 78 valence electrons. The number of anilines is 1. The second-order valence-electron chi connectivity index (χ2n) is 3.40. The van der Waals surface area contributed by atoms with Crippen molar-refractivity contribution in [2.75, 3.05) is 5.73 Å². The van der Waals surface area contributed by atoms with Crippen LogP contribution in [0.2, 0.25) is 0 Å². The van der Waals surface area contributed by atoms with Gasteiger partial charge in [-0.2, -0.15) is 0 Å². The first-order valence-electron chi connectivity index (χ1n) is 4.85. The van der Waals surface area contributed by atoms with Gasteiger partial charge in [-0.3, -0.25) is 0 Å². The predicted octanol–water partition coefficient (Wildman–Crippen LogP) is 2.98. The zero-order valence-electron chi connectivity index (χ0n) is 8.59. The second-order valence-corrected chi connectivity index (χ2v) is 3.40. The monoisotopic (exact) mass is 197 g/mol. The molecule has 1 atom stereocenters. The maximum atomic E-state index is 12.8.